The molecule has 21 heavy (non-hydrogen) atoms. The Kier molecular flexibility index (Phi) is 4.78. The van der Waals surface area contributed by atoms with Crippen LogP contribution in [0.25, 0.3) is 12.2 Å². The number of nitrogens with zero attached hydrogens (tertiary/aromatic N) is 3. The first-order valence-corrected chi connectivity index (χ1v) is 6.51. The monoisotopic (exact) mass is 288 g/mol. The molecule has 1 aromatic carbocycles. The van der Waals surface area contributed by atoms with E-state index in [0.717, 1.165) is 0 Å². The van der Waals surface area contributed by atoms with Gasteiger partial charge < -0.3 is 9.84 Å². The number of hydrogen-bond donors (Lipinski definition) is 1. The molecule has 2 rings (SSSR count). The van der Waals surface area contributed by atoms with Gasteiger partial charge in [0.05, 0.1) is 10.5 Å². The Bertz CT molecular complexity index is 651. The van der Waals surface area contributed by atoms with Gasteiger partial charge in [0, 0.05) is 24.6 Å². The van der Waals surface area contributed by atoms with Crippen molar-refractivity contribution in [3.63, 3.8) is 0 Å². The van der Waals surface area contributed by atoms with Crippen LogP contribution < -0.4 is 5.32 Å². The number of hydrogen-bond acceptors (Lipinski definition) is 6. The van der Waals surface area contributed by atoms with E-state index >= 15 is 0 Å². The molecular weight excluding hydrogens is 272 g/mol. The molecule has 0 saturated carbocycles. The van der Waals surface area contributed by atoms with E-state index in [4.69, 9.17) is 4.52 Å². The molecule has 0 bridgehead atoms. The van der Waals surface area contributed by atoms with Crippen molar-refractivity contribution in [3.8, 4) is 0 Å². The number of para-hydroxylation sites is 1. The van der Waals surface area contributed by atoms with Gasteiger partial charge in [-0.3, -0.25) is 10.1 Å². The van der Waals surface area contributed by atoms with Gasteiger partial charge in [0.15, 0.2) is 5.82 Å². The second-order valence-electron chi connectivity index (χ2n) is 4.59. The van der Waals surface area contributed by atoms with Crippen molar-refractivity contribution in [1.29, 1.82) is 0 Å². The van der Waals surface area contributed by atoms with Crippen LogP contribution in [0.4, 0.5) is 5.69 Å². The molecule has 7 nitrogen and oxygen atoms in total. The van der Waals surface area contributed by atoms with Gasteiger partial charge in [-0.15, -0.1) is 0 Å². The standard InChI is InChI=1S/C14H16N4O3/c1-10(15-2)9-13-16-14(21-17-13)8-7-11-5-3-4-6-12(11)18(19)20/h3-8,10,15H,9H2,1-2H3/b8-7+. The van der Waals surface area contributed by atoms with Crippen LogP contribution in [0.3, 0.4) is 0 Å². The second-order valence-corrected chi connectivity index (χ2v) is 4.59. The summed E-state index contributed by atoms with van der Waals surface area (Å²) in [5.41, 5.74) is 0.531. The molecule has 0 aliphatic heterocycles. The first-order chi connectivity index (χ1) is 10.1. The summed E-state index contributed by atoms with van der Waals surface area (Å²) < 4.78 is 5.09. The van der Waals surface area contributed by atoms with Gasteiger partial charge in [-0.2, -0.15) is 4.98 Å². The van der Waals surface area contributed by atoms with Crippen LogP contribution in [-0.2, 0) is 6.42 Å². The molecule has 1 unspecified atom stereocenters. The van der Waals surface area contributed by atoms with Crippen LogP contribution in [-0.4, -0.2) is 28.2 Å². The minimum Gasteiger partial charge on any atom is -0.335 e. The molecule has 0 radical (unpaired) electrons. The summed E-state index contributed by atoms with van der Waals surface area (Å²) in [4.78, 5) is 14.7. The van der Waals surface area contributed by atoms with Crippen molar-refractivity contribution in [2.24, 2.45) is 0 Å². The molecule has 1 aromatic heterocycles. The zero-order chi connectivity index (χ0) is 15.2. The van der Waals surface area contributed by atoms with Crippen molar-refractivity contribution >= 4 is 17.8 Å². The van der Waals surface area contributed by atoms with Crippen molar-refractivity contribution in [3.05, 3.63) is 51.7 Å². The third-order valence-electron chi connectivity index (χ3n) is 3.00. The molecule has 0 aliphatic rings. The predicted octanol–water partition coefficient (Wildman–Crippen LogP) is 2.30. The van der Waals surface area contributed by atoms with E-state index in [1.54, 1.807) is 30.4 Å². The molecule has 0 fully saturated rings. The van der Waals surface area contributed by atoms with E-state index < -0.39 is 4.92 Å². The average molecular weight is 288 g/mol. The molecule has 2 aromatic rings. The molecule has 1 atom stereocenters. The van der Waals surface area contributed by atoms with Crippen molar-refractivity contribution in [2.45, 2.75) is 19.4 Å². The van der Waals surface area contributed by atoms with Crippen LogP contribution in [0.1, 0.15) is 24.2 Å². The third-order valence-corrected chi connectivity index (χ3v) is 3.00. The molecule has 0 aliphatic carbocycles. The number of rotatable bonds is 6. The fourth-order valence-corrected chi connectivity index (χ4v) is 1.75. The zero-order valence-electron chi connectivity index (χ0n) is 11.8. The fraction of sp³-hybridized carbons (Fsp3) is 0.286. The van der Waals surface area contributed by atoms with E-state index in [-0.39, 0.29) is 11.7 Å². The highest BCUT2D eigenvalue weighted by Gasteiger charge is 2.11. The smallest absolute Gasteiger partial charge is 0.276 e. The van der Waals surface area contributed by atoms with E-state index in [9.17, 15) is 10.1 Å². The summed E-state index contributed by atoms with van der Waals surface area (Å²) in [6.45, 7) is 2.01. The minimum atomic E-state index is -0.423. The van der Waals surface area contributed by atoms with Gasteiger partial charge >= 0.3 is 0 Å². The topological polar surface area (TPSA) is 94.1 Å². The Hall–Kier alpha value is -2.54. The highest BCUT2D eigenvalue weighted by molar-refractivity contribution is 5.71. The number of benzene rings is 1. The SMILES string of the molecule is CNC(C)Cc1noc(/C=C/c2ccccc2[N+](=O)[O-])n1. The highest BCUT2D eigenvalue weighted by Crippen LogP contribution is 2.19. The molecule has 1 heterocycles. The quantitative estimate of drug-likeness (QED) is 0.647. The summed E-state index contributed by atoms with van der Waals surface area (Å²) in [5.74, 6) is 0.922. The highest BCUT2D eigenvalue weighted by atomic mass is 16.6. The number of nitro benzene ring substituents is 1. The van der Waals surface area contributed by atoms with Gasteiger partial charge in [-0.05, 0) is 26.1 Å². The van der Waals surface area contributed by atoms with Gasteiger partial charge in [-0.1, -0.05) is 17.3 Å². The minimum absolute atomic E-state index is 0.0392. The molecule has 0 saturated heterocycles. The van der Waals surface area contributed by atoms with E-state index in [0.29, 0.717) is 23.7 Å². The second kappa shape index (κ2) is 6.76. The maximum atomic E-state index is 10.9. The van der Waals surface area contributed by atoms with E-state index in [2.05, 4.69) is 15.5 Å². The number of nitro groups is 1. The van der Waals surface area contributed by atoms with Crippen molar-refractivity contribution < 1.29 is 9.45 Å². The lowest BCUT2D eigenvalue weighted by atomic mass is 10.1. The molecular formula is C14H16N4O3. The van der Waals surface area contributed by atoms with Gasteiger partial charge in [0.1, 0.15) is 0 Å². The normalized spacial score (nSPS) is 12.7. The first kappa shape index (κ1) is 14.9. The molecule has 0 spiro atoms. The Morgan fingerprint density at radius 1 is 1.43 bits per heavy atom. The van der Waals surface area contributed by atoms with Gasteiger partial charge in [0.2, 0.25) is 0 Å². The first-order valence-electron chi connectivity index (χ1n) is 6.51. The molecule has 1 N–H and O–H groups in total. The van der Waals surface area contributed by atoms with Crippen LogP contribution >= 0.6 is 0 Å². The predicted molar refractivity (Wildman–Crippen MR) is 78.5 cm³/mol. The number of nitrogens with one attached hydrogen (secondary N) is 1. The molecule has 110 valence electrons. The Morgan fingerprint density at radius 3 is 2.90 bits per heavy atom. The zero-order valence-corrected chi connectivity index (χ0v) is 11.8. The summed E-state index contributed by atoms with van der Waals surface area (Å²) >= 11 is 0. The average Bonchev–Trinajstić information content (AvgIpc) is 2.92. The fourth-order valence-electron chi connectivity index (χ4n) is 1.75. The van der Waals surface area contributed by atoms with Crippen LogP contribution in [0.15, 0.2) is 28.8 Å². The molecule has 7 heteroatoms. The van der Waals surface area contributed by atoms with Gasteiger partial charge in [-0.25, -0.2) is 0 Å². The Balaban J connectivity index is 2.13. The lowest BCUT2D eigenvalue weighted by Gasteiger charge is -2.04. The lowest BCUT2D eigenvalue weighted by Crippen LogP contribution is -2.24. The number of aromatic nitrogens is 2. The summed E-state index contributed by atoms with van der Waals surface area (Å²) in [6, 6.07) is 6.72. The van der Waals surface area contributed by atoms with Crippen LogP contribution in [0, 0.1) is 10.1 Å². The maximum Gasteiger partial charge on any atom is 0.276 e. The number of likely N-dealkylation sites (N-methyl/N-ethyl adjacent to an activating group) is 1. The van der Waals surface area contributed by atoms with Crippen molar-refractivity contribution in [2.75, 3.05) is 7.05 Å². The van der Waals surface area contributed by atoms with Crippen LogP contribution in [0.5, 0.6) is 0 Å². The van der Waals surface area contributed by atoms with E-state index in [1.165, 1.54) is 6.07 Å². The van der Waals surface area contributed by atoms with Crippen LogP contribution in [0.2, 0.25) is 0 Å². The Morgan fingerprint density at radius 2 is 2.19 bits per heavy atom. The molecule has 0 amide bonds. The van der Waals surface area contributed by atoms with E-state index in [1.807, 2.05) is 14.0 Å². The van der Waals surface area contributed by atoms with Crippen molar-refractivity contribution in [1.82, 2.24) is 15.5 Å². The summed E-state index contributed by atoms with van der Waals surface area (Å²) in [6.07, 6.45) is 3.82. The summed E-state index contributed by atoms with van der Waals surface area (Å²) in [7, 11) is 1.86. The summed E-state index contributed by atoms with van der Waals surface area (Å²) in [5, 5.41) is 17.9. The Labute approximate surface area is 121 Å². The maximum absolute atomic E-state index is 10.9. The van der Waals surface area contributed by atoms with Gasteiger partial charge in [0.25, 0.3) is 11.6 Å². The third kappa shape index (κ3) is 3.96. The largest absolute Gasteiger partial charge is 0.335 e. The lowest BCUT2D eigenvalue weighted by molar-refractivity contribution is -0.385.